The van der Waals surface area contributed by atoms with Crippen LogP contribution in [-0.4, -0.2) is 47.8 Å². The highest BCUT2D eigenvalue weighted by atomic mass is 31.2. The summed E-state index contributed by atoms with van der Waals surface area (Å²) in [5.41, 5.74) is 5.37. The highest BCUT2D eigenvalue weighted by Crippen LogP contribution is 2.43. The minimum atomic E-state index is -4.30. The number of aliphatic hydroxyl groups is 1. The predicted octanol–water partition coefficient (Wildman–Crippen LogP) is 11.4. The maximum Gasteiger partial charge on any atom is 0.472 e. The molecule has 3 unspecified atom stereocenters. The molecular formula is C40H83N2O6P. The molecule has 0 saturated carbocycles. The average Bonchev–Trinajstić information content (AvgIpc) is 3.09. The van der Waals surface area contributed by atoms with Gasteiger partial charge in [0, 0.05) is 13.0 Å². The van der Waals surface area contributed by atoms with Gasteiger partial charge in [-0.3, -0.25) is 13.8 Å². The Morgan fingerprint density at radius 2 is 0.939 bits per heavy atom. The monoisotopic (exact) mass is 719 g/mol. The van der Waals surface area contributed by atoms with Crippen molar-refractivity contribution in [1.29, 1.82) is 0 Å². The lowest BCUT2D eigenvalue weighted by Crippen LogP contribution is -2.46. The van der Waals surface area contributed by atoms with Crippen LogP contribution in [0.5, 0.6) is 0 Å². The number of nitrogens with one attached hydrogen (secondary N) is 1. The first-order chi connectivity index (χ1) is 23.9. The van der Waals surface area contributed by atoms with Gasteiger partial charge in [-0.1, -0.05) is 200 Å². The second kappa shape index (κ2) is 37.3. The van der Waals surface area contributed by atoms with Gasteiger partial charge in [-0.25, -0.2) is 4.57 Å². The Balaban J connectivity index is 4.14. The topological polar surface area (TPSA) is 131 Å². The van der Waals surface area contributed by atoms with E-state index in [1.54, 1.807) is 0 Å². The highest BCUT2D eigenvalue weighted by molar-refractivity contribution is 7.47. The molecule has 0 aliphatic carbocycles. The van der Waals surface area contributed by atoms with Crippen LogP contribution in [0.25, 0.3) is 0 Å². The van der Waals surface area contributed by atoms with E-state index < -0.39 is 20.0 Å². The minimum absolute atomic E-state index is 0.0924. The Kier molecular flexibility index (Phi) is 36.9. The molecule has 9 heteroatoms. The lowest BCUT2D eigenvalue weighted by molar-refractivity contribution is -0.123. The van der Waals surface area contributed by atoms with Gasteiger partial charge in [-0.2, -0.15) is 0 Å². The minimum Gasteiger partial charge on any atom is -0.391 e. The number of nitrogens with two attached hydrogens (primary N) is 1. The summed E-state index contributed by atoms with van der Waals surface area (Å²) in [4.78, 5) is 22.7. The molecule has 0 aliphatic heterocycles. The summed E-state index contributed by atoms with van der Waals surface area (Å²) in [7, 11) is -4.30. The summed E-state index contributed by atoms with van der Waals surface area (Å²) in [6.45, 7) is 4.23. The van der Waals surface area contributed by atoms with E-state index in [1.807, 2.05) is 0 Å². The van der Waals surface area contributed by atoms with Crippen LogP contribution in [0.3, 0.4) is 0 Å². The number of phosphoric ester groups is 1. The Morgan fingerprint density at radius 3 is 1.31 bits per heavy atom. The molecule has 1 amide bonds. The molecule has 294 valence electrons. The zero-order chi connectivity index (χ0) is 36.1. The number of amides is 1. The van der Waals surface area contributed by atoms with Gasteiger partial charge in [0.1, 0.15) is 0 Å². The molecule has 0 aromatic carbocycles. The molecule has 0 fully saturated rings. The third-order valence-corrected chi connectivity index (χ3v) is 10.7. The van der Waals surface area contributed by atoms with Gasteiger partial charge in [0.25, 0.3) is 0 Å². The SMILES string of the molecule is CCCCCCCCCCCCCCCCCCC(=O)NC(COP(=O)(O)OCCN)C(O)CCCCCCCCCCCCCCCC. The fourth-order valence-corrected chi connectivity index (χ4v) is 7.25. The largest absolute Gasteiger partial charge is 0.472 e. The number of rotatable bonds is 40. The van der Waals surface area contributed by atoms with Crippen molar-refractivity contribution in [3.05, 3.63) is 0 Å². The van der Waals surface area contributed by atoms with Gasteiger partial charge < -0.3 is 21.1 Å². The highest BCUT2D eigenvalue weighted by Gasteiger charge is 2.27. The Hall–Kier alpha value is -0.500. The number of carbonyl (C=O) groups excluding carboxylic acids is 1. The average molecular weight is 719 g/mol. The third kappa shape index (κ3) is 35.7. The zero-order valence-corrected chi connectivity index (χ0v) is 33.3. The number of hydrogen-bond acceptors (Lipinski definition) is 6. The van der Waals surface area contributed by atoms with Gasteiger partial charge in [0.2, 0.25) is 5.91 Å². The fourth-order valence-electron chi connectivity index (χ4n) is 6.49. The van der Waals surface area contributed by atoms with Crippen molar-refractivity contribution in [1.82, 2.24) is 5.32 Å². The van der Waals surface area contributed by atoms with E-state index in [1.165, 1.54) is 154 Å². The summed E-state index contributed by atoms with van der Waals surface area (Å²) in [5.74, 6) is -0.158. The summed E-state index contributed by atoms with van der Waals surface area (Å²) >= 11 is 0. The molecule has 0 radical (unpaired) electrons. The molecule has 0 heterocycles. The number of hydrogen-bond donors (Lipinski definition) is 4. The maximum atomic E-state index is 12.7. The molecule has 5 N–H and O–H groups in total. The standard InChI is InChI=1S/C40H83N2O6P/c1-3-5-7-9-11-13-15-17-19-20-22-24-26-28-30-32-34-40(44)42-38(37-48-49(45,46)47-36-35-41)39(43)33-31-29-27-25-23-21-18-16-14-12-10-8-6-4-2/h38-39,43H,3-37,41H2,1-2H3,(H,42,44)(H,45,46). The van der Waals surface area contributed by atoms with Gasteiger partial charge in [0.15, 0.2) is 0 Å². The molecule has 0 aliphatic rings. The molecule has 8 nitrogen and oxygen atoms in total. The number of phosphoric acid groups is 1. The van der Waals surface area contributed by atoms with E-state index >= 15 is 0 Å². The van der Waals surface area contributed by atoms with E-state index in [-0.39, 0.29) is 25.7 Å². The summed E-state index contributed by atoms with van der Waals surface area (Å²) < 4.78 is 22.1. The van der Waals surface area contributed by atoms with E-state index in [0.717, 1.165) is 38.5 Å². The van der Waals surface area contributed by atoms with Crippen molar-refractivity contribution in [2.75, 3.05) is 19.8 Å². The molecule has 0 bridgehead atoms. The van der Waals surface area contributed by atoms with Crippen molar-refractivity contribution in [2.45, 2.75) is 231 Å². The Morgan fingerprint density at radius 1 is 0.592 bits per heavy atom. The predicted molar refractivity (Wildman–Crippen MR) is 208 cm³/mol. The summed E-state index contributed by atoms with van der Waals surface area (Å²) in [6.07, 6.45) is 38.2. The van der Waals surface area contributed by atoms with Gasteiger partial charge in [0.05, 0.1) is 25.4 Å². The first-order valence-corrected chi connectivity index (χ1v) is 22.6. The number of aliphatic hydroxyl groups excluding tert-OH is 1. The molecule has 0 aromatic rings. The van der Waals surface area contributed by atoms with Crippen LogP contribution in [0.4, 0.5) is 0 Å². The molecule has 0 saturated heterocycles. The van der Waals surface area contributed by atoms with E-state index in [9.17, 15) is 19.4 Å². The second-order valence-electron chi connectivity index (χ2n) is 14.6. The van der Waals surface area contributed by atoms with Gasteiger partial charge in [-0.15, -0.1) is 0 Å². The molecule has 3 atom stereocenters. The lowest BCUT2D eigenvalue weighted by Gasteiger charge is -2.25. The van der Waals surface area contributed by atoms with E-state index in [0.29, 0.717) is 12.8 Å². The number of unbranched alkanes of at least 4 members (excludes halogenated alkanes) is 28. The normalized spacial score (nSPS) is 14.1. The lowest BCUT2D eigenvalue weighted by atomic mass is 10.0. The summed E-state index contributed by atoms with van der Waals surface area (Å²) in [6, 6.07) is -0.766. The van der Waals surface area contributed by atoms with Crippen LogP contribution in [-0.2, 0) is 18.4 Å². The molecular weight excluding hydrogens is 635 g/mol. The van der Waals surface area contributed by atoms with Crippen LogP contribution in [0.1, 0.15) is 219 Å². The zero-order valence-electron chi connectivity index (χ0n) is 32.5. The fraction of sp³-hybridized carbons (Fsp3) is 0.975. The van der Waals surface area contributed by atoms with E-state index in [2.05, 4.69) is 19.2 Å². The van der Waals surface area contributed by atoms with Crippen molar-refractivity contribution >= 4 is 13.7 Å². The van der Waals surface area contributed by atoms with Gasteiger partial charge >= 0.3 is 7.82 Å². The van der Waals surface area contributed by atoms with E-state index in [4.69, 9.17) is 14.8 Å². The van der Waals surface area contributed by atoms with Crippen LogP contribution in [0.15, 0.2) is 0 Å². The number of carbonyl (C=O) groups is 1. The molecule has 49 heavy (non-hydrogen) atoms. The third-order valence-electron chi connectivity index (χ3n) is 9.71. The first kappa shape index (κ1) is 48.5. The molecule has 0 spiro atoms. The van der Waals surface area contributed by atoms with Crippen LogP contribution < -0.4 is 11.1 Å². The first-order valence-electron chi connectivity index (χ1n) is 21.2. The van der Waals surface area contributed by atoms with Crippen molar-refractivity contribution < 1.29 is 28.4 Å². The van der Waals surface area contributed by atoms with Crippen LogP contribution in [0.2, 0.25) is 0 Å². The molecule has 0 aromatic heterocycles. The van der Waals surface area contributed by atoms with Crippen LogP contribution >= 0.6 is 7.82 Å². The Bertz CT molecular complexity index is 744. The quantitative estimate of drug-likeness (QED) is 0.0366. The molecule has 0 rings (SSSR count). The Labute approximate surface area is 303 Å². The van der Waals surface area contributed by atoms with Crippen molar-refractivity contribution in [3.8, 4) is 0 Å². The maximum absolute atomic E-state index is 12.7. The van der Waals surface area contributed by atoms with Crippen LogP contribution in [0, 0.1) is 0 Å². The van der Waals surface area contributed by atoms with Crippen molar-refractivity contribution in [2.24, 2.45) is 5.73 Å². The van der Waals surface area contributed by atoms with Crippen molar-refractivity contribution in [3.63, 3.8) is 0 Å². The second-order valence-corrected chi connectivity index (χ2v) is 16.0. The van der Waals surface area contributed by atoms with Gasteiger partial charge in [-0.05, 0) is 12.8 Å². The smallest absolute Gasteiger partial charge is 0.391 e. The summed E-state index contributed by atoms with van der Waals surface area (Å²) in [5, 5.41) is 13.8.